The van der Waals surface area contributed by atoms with E-state index in [0.717, 1.165) is 10.9 Å². The van der Waals surface area contributed by atoms with Gasteiger partial charge in [0, 0.05) is 17.1 Å². The molecule has 0 aliphatic carbocycles. The van der Waals surface area contributed by atoms with Gasteiger partial charge in [0.05, 0.1) is 23.5 Å². The van der Waals surface area contributed by atoms with Gasteiger partial charge in [0.1, 0.15) is 18.0 Å². The fraction of sp³-hybridized carbons (Fsp3) is 0.333. The van der Waals surface area contributed by atoms with Gasteiger partial charge in [-0.3, -0.25) is 0 Å². The molecule has 2 aromatic carbocycles. The largest absolute Gasteiger partial charge is 0.491 e. The monoisotopic (exact) mass is 542 g/mol. The van der Waals surface area contributed by atoms with E-state index in [4.69, 9.17) is 19.4 Å². The van der Waals surface area contributed by atoms with Crippen molar-refractivity contribution in [3.8, 4) is 5.75 Å². The summed E-state index contributed by atoms with van der Waals surface area (Å²) < 4.78 is 70.6. The molecule has 0 spiro atoms. The second kappa shape index (κ2) is 10.3. The molecule has 0 unspecified atom stereocenters. The van der Waals surface area contributed by atoms with Crippen molar-refractivity contribution >= 4 is 33.0 Å². The van der Waals surface area contributed by atoms with E-state index in [0.29, 0.717) is 24.4 Å². The number of rotatable bonds is 2. The fourth-order valence-electron chi connectivity index (χ4n) is 3.46. The standard InChI is InChI=1S/C22H24N2O5S.C2HF3O2/c1-22(2,3)29-21(25)23-13-14-28-20-10-9-19-17(18(20)15-23)11-12-24(19)30(26,27)16-7-5-4-6-8-16;3-2(4,5)1(6)7/h4-12H,13-15H2,1-3H3;(H,6,7). The third-order valence-electron chi connectivity index (χ3n) is 5.07. The lowest BCUT2D eigenvalue weighted by Gasteiger charge is -2.26. The zero-order chi connectivity index (χ0) is 27.6. The molecule has 1 aliphatic heterocycles. The zero-order valence-corrected chi connectivity index (χ0v) is 21.0. The molecule has 0 radical (unpaired) electrons. The molecule has 0 saturated heterocycles. The van der Waals surface area contributed by atoms with Crippen LogP contribution in [0.5, 0.6) is 5.75 Å². The number of aromatic nitrogens is 1. The van der Waals surface area contributed by atoms with Crippen LogP contribution in [0.25, 0.3) is 10.9 Å². The maximum atomic E-state index is 13.1. The molecule has 37 heavy (non-hydrogen) atoms. The molecule has 1 aliphatic rings. The Morgan fingerprint density at radius 1 is 1.03 bits per heavy atom. The van der Waals surface area contributed by atoms with Gasteiger partial charge in [-0.05, 0) is 51.1 Å². The number of carbonyl (C=O) groups is 2. The number of alkyl halides is 3. The summed E-state index contributed by atoms with van der Waals surface area (Å²) in [6, 6.07) is 13.5. The molecular weight excluding hydrogens is 517 g/mol. The molecule has 1 aromatic heterocycles. The highest BCUT2D eigenvalue weighted by molar-refractivity contribution is 7.90. The number of halogens is 3. The first kappa shape index (κ1) is 27.8. The molecule has 3 aromatic rings. The lowest BCUT2D eigenvalue weighted by Crippen LogP contribution is -2.37. The lowest BCUT2D eigenvalue weighted by molar-refractivity contribution is -0.192. The first-order chi connectivity index (χ1) is 17.1. The van der Waals surface area contributed by atoms with Crippen LogP contribution in [0.3, 0.4) is 0 Å². The number of benzene rings is 2. The average Bonchev–Trinajstić information content (AvgIpc) is 3.12. The van der Waals surface area contributed by atoms with Crippen LogP contribution in [-0.2, 0) is 26.1 Å². The van der Waals surface area contributed by atoms with Crippen molar-refractivity contribution in [1.82, 2.24) is 8.87 Å². The Morgan fingerprint density at radius 3 is 2.22 bits per heavy atom. The van der Waals surface area contributed by atoms with E-state index in [-0.39, 0.29) is 11.4 Å². The molecule has 2 heterocycles. The Labute approximate surface area is 211 Å². The molecule has 1 amide bonds. The molecule has 200 valence electrons. The number of ether oxygens (including phenoxy) is 2. The maximum Gasteiger partial charge on any atom is 0.490 e. The van der Waals surface area contributed by atoms with Crippen LogP contribution in [0.4, 0.5) is 18.0 Å². The molecule has 1 N–H and O–H groups in total. The number of hydrogen-bond acceptors (Lipinski definition) is 6. The first-order valence-corrected chi connectivity index (χ1v) is 12.4. The first-order valence-electron chi connectivity index (χ1n) is 11.0. The Kier molecular flexibility index (Phi) is 7.77. The summed E-state index contributed by atoms with van der Waals surface area (Å²) in [6.45, 7) is 6.45. The van der Waals surface area contributed by atoms with Crippen LogP contribution in [-0.4, -0.2) is 59.4 Å². The van der Waals surface area contributed by atoms with Crippen LogP contribution in [0, 0.1) is 0 Å². The van der Waals surface area contributed by atoms with Crippen molar-refractivity contribution in [2.45, 2.75) is 44.0 Å². The minimum absolute atomic E-state index is 0.212. The summed E-state index contributed by atoms with van der Waals surface area (Å²) in [5, 5.41) is 7.85. The quantitative estimate of drug-likeness (QED) is 0.502. The summed E-state index contributed by atoms with van der Waals surface area (Å²) in [5.74, 6) is -2.11. The Hall–Kier alpha value is -3.74. The highest BCUT2D eigenvalue weighted by Gasteiger charge is 2.38. The number of carboxylic acids is 1. The Morgan fingerprint density at radius 2 is 1.65 bits per heavy atom. The normalized spacial score (nSPS) is 14.1. The van der Waals surface area contributed by atoms with Gasteiger partial charge < -0.3 is 19.5 Å². The van der Waals surface area contributed by atoms with Gasteiger partial charge in [0.25, 0.3) is 10.0 Å². The van der Waals surface area contributed by atoms with Gasteiger partial charge in [-0.15, -0.1) is 0 Å². The van der Waals surface area contributed by atoms with E-state index in [9.17, 15) is 26.4 Å². The minimum Gasteiger partial charge on any atom is -0.491 e. The van der Waals surface area contributed by atoms with Crippen molar-refractivity contribution in [2.75, 3.05) is 13.2 Å². The van der Waals surface area contributed by atoms with Gasteiger partial charge in [-0.1, -0.05) is 18.2 Å². The number of amides is 1. The van der Waals surface area contributed by atoms with Crippen LogP contribution in [0.2, 0.25) is 0 Å². The summed E-state index contributed by atoms with van der Waals surface area (Å²) in [4.78, 5) is 23.3. The van der Waals surface area contributed by atoms with Crippen molar-refractivity contribution in [2.24, 2.45) is 0 Å². The third kappa shape index (κ3) is 6.53. The molecule has 4 rings (SSSR count). The third-order valence-corrected chi connectivity index (χ3v) is 6.77. The maximum absolute atomic E-state index is 13.1. The van der Waals surface area contributed by atoms with Crippen molar-refractivity contribution < 1.29 is 45.8 Å². The van der Waals surface area contributed by atoms with Gasteiger partial charge >= 0.3 is 18.2 Å². The summed E-state index contributed by atoms with van der Waals surface area (Å²) in [5.41, 5.74) is 0.691. The van der Waals surface area contributed by atoms with E-state index in [1.54, 1.807) is 53.4 Å². The summed E-state index contributed by atoms with van der Waals surface area (Å²) >= 11 is 0. The van der Waals surface area contributed by atoms with E-state index >= 15 is 0 Å². The average molecular weight is 543 g/mol. The van der Waals surface area contributed by atoms with Gasteiger partial charge in [-0.25, -0.2) is 22.0 Å². The second-order valence-electron chi connectivity index (χ2n) is 8.96. The number of nitrogens with zero attached hydrogens (tertiary/aromatic N) is 2. The number of carboxylic acid groups (broad SMARTS) is 1. The Balaban J connectivity index is 0.000000479. The fourth-order valence-corrected chi connectivity index (χ4v) is 4.83. The number of aliphatic carboxylic acids is 1. The molecule has 13 heteroatoms. The number of fused-ring (bicyclic) bond motifs is 3. The van der Waals surface area contributed by atoms with Crippen molar-refractivity contribution in [3.63, 3.8) is 0 Å². The summed E-state index contributed by atoms with van der Waals surface area (Å²) in [7, 11) is -3.74. The summed E-state index contributed by atoms with van der Waals surface area (Å²) in [6.07, 6.45) is -3.97. The van der Waals surface area contributed by atoms with Gasteiger partial charge in [-0.2, -0.15) is 13.2 Å². The second-order valence-corrected chi connectivity index (χ2v) is 10.8. The number of hydrogen-bond donors (Lipinski definition) is 1. The molecule has 9 nitrogen and oxygen atoms in total. The highest BCUT2D eigenvalue weighted by atomic mass is 32.2. The van der Waals surface area contributed by atoms with Crippen LogP contribution in [0.1, 0.15) is 26.3 Å². The van der Waals surface area contributed by atoms with Crippen LogP contribution >= 0.6 is 0 Å². The van der Waals surface area contributed by atoms with Crippen molar-refractivity contribution in [3.05, 3.63) is 60.3 Å². The van der Waals surface area contributed by atoms with E-state index in [1.165, 1.54) is 10.2 Å². The smallest absolute Gasteiger partial charge is 0.490 e. The van der Waals surface area contributed by atoms with E-state index in [2.05, 4.69) is 0 Å². The topological polar surface area (TPSA) is 115 Å². The molecule has 0 bridgehead atoms. The van der Waals surface area contributed by atoms with Gasteiger partial charge in [0.15, 0.2) is 0 Å². The van der Waals surface area contributed by atoms with Crippen molar-refractivity contribution in [1.29, 1.82) is 0 Å². The van der Waals surface area contributed by atoms with Crippen LogP contribution < -0.4 is 4.74 Å². The van der Waals surface area contributed by atoms with Crippen LogP contribution in [0.15, 0.2) is 59.6 Å². The lowest BCUT2D eigenvalue weighted by atomic mass is 10.1. The molecule has 0 saturated carbocycles. The van der Waals surface area contributed by atoms with E-state index in [1.807, 2.05) is 20.8 Å². The zero-order valence-electron chi connectivity index (χ0n) is 20.2. The molecular formula is C24H25F3N2O7S. The predicted molar refractivity (Wildman–Crippen MR) is 127 cm³/mol. The highest BCUT2D eigenvalue weighted by Crippen LogP contribution is 2.33. The molecule has 0 atom stereocenters. The number of carbonyl (C=O) groups excluding carboxylic acids is 1. The van der Waals surface area contributed by atoms with E-state index < -0.39 is 33.9 Å². The van der Waals surface area contributed by atoms with Gasteiger partial charge in [0.2, 0.25) is 0 Å². The minimum atomic E-state index is -5.08. The molecule has 0 fully saturated rings. The Bertz CT molecular complexity index is 1400. The SMILES string of the molecule is CC(C)(C)OC(=O)N1CCOc2ccc3c(ccn3S(=O)(=O)c3ccccc3)c2C1.O=C(O)C(F)(F)F. The predicted octanol–water partition coefficient (Wildman–Crippen LogP) is 4.64.